The second-order valence-electron chi connectivity index (χ2n) is 6.32. The van der Waals surface area contributed by atoms with Crippen LogP contribution in [0.15, 0.2) is 24.3 Å². The molecule has 1 heteroatoms. The molecule has 0 spiro atoms. The third-order valence-corrected chi connectivity index (χ3v) is 3.35. The van der Waals surface area contributed by atoms with E-state index in [1.807, 2.05) is 18.2 Å². The van der Waals surface area contributed by atoms with Crippen LogP contribution in [-0.2, 0) is 5.41 Å². The summed E-state index contributed by atoms with van der Waals surface area (Å²) in [6.45, 7) is 10.8. The van der Waals surface area contributed by atoms with Crippen molar-refractivity contribution in [1.82, 2.24) is 0 Å². The van der Waals surface area contributed by atoms with E-state index in [4.69, 9.17) is 0 Å². The van der Waals surface area contributed by atoms with Gasteiger partial charge in [-0.05, 0) is 16.9 Å². The van der Waals surface area contributed by atoms with Crippen LogP contribution in [-0.4, -0.2) is 5.78 Å². The topological polar surface area (TPSA) is 17.1 Å². The van der Waals surface area contributed by atoms with Crippen LogP contribution in [0, 0.1) is 5.92 Å². The Morgan fingerprint density at radius 3 is 2.39 bits per heavy atom. The van der Waals surface area contributed by atoms with Crippen LogP contribution in [0.1, 0.15) is 69.8 Å². The third kappa shape index (κ3) is 3.97. The summed E-state index contributed by atoms with van der Waals surface area (Å²) in [6.07, 6.45) is 2.94. The second kappa shape index (κ2) is 6.17. The summed E-state index contributed by atoms with van der Waals surface area (Å²) < 4.78 is 0. The fourth-order valence-corrected chi connectivity index (χ4v) is 2.40. The smallest absolute Gasteiger partial charge is 0.163 e. The fraction of sp³-hybridized carbons (Fsp3) is 0.588. The molecule has 1 nitrogen and oxygen atoms in total. The van der Waals surface area contributed by atoms with Crippen molar-refractivity contribution < 1.29 is 4.79 Å². The van der Waals surface area contributed by atoms with Gasteiger partial charge in [0.05, 0.1) is 0 Å². The van der Waals surface area contributed by atoms with E-state index in [0.717, 1.165) is 18.4 Å². The lowest BCUT2D eigenvalue weighted by Gasteiger charge is -2.22. The molecule has 0 N–H and O–H groups in total. The molecule has 18 heavy (non-hydrogen) atoms. The van der Waals surface area contributed by atoms with Gasteiger partial charge in [-0.3, -0.25) is 4.79 Å². The van der Waals surface area contributed by atoms with E-state index in [9.17, 15) is 4.79 Å². The van der Waals surface area contributed by atoms with Gasteiger partial charge in [-0.25, -0.2) is 0 Å². The maximum atomic E-state index is 12.4. The van der Waals surface area contributed by atoms with E-state index in [-0.39, 0.29) is 5.41 Å². The van der Waals surface area contributed by atoms with Gasteiger partial charge in [0.1, 0.15) is 0 Å². The number of rotatable bonds is 5. The molecular weight excluding hydrogens is 220 g/mol. The lowest BCUT2D eigenvalue weighted by atomic mass is 9.81. The van der Waals surface area contributed by atoms with E-state index < -0.39 is 0 Å². The van der Waals surface area contributed by atoms with Crippen LogP contribution in [0.3, 0.4) is 0 Å². The lowest BCUT2D eigenvalue weighted by Crippen LogP contribution is -2.18. The summed E-state index contributed by atoms with van der Waals surface area (Å²) >= 11 is 0. The number of Topliss-reactive ketones (excluding diaryl/α,β-unsaturated/α-hetero) is 1. The van der Waals surface area contributed by atoms with Gasteiger partial charge in [0.15, 0.2) is 5.78 Å². The van der Waals surface area contributed by atoms with E-state index in [1.165, 1.54) is 5.56 Å². The molecular formula is C17H26O. The summed E-state index contributed by atoms with van der Waals surface area (Å²) in [5, 5.41) is 0. The van der Waals surface area contributed by atoms with Gasteiger partial charge in [0.25, 0.3) is 0 Å². The zero-order valence-corrected chi connectivity index (χ0v) is 12.4. The molecule has 0 aliphatic rings. The van der Waals surface area contributed by atoms with E-state index in [1.54, 1.807) is 0 Å². The molecule has 0 amide bonds. The molecule has 0 aliphatic carbocycles. The largest absolute Gasteiger partial charge is 0.294 e. The summed E-state index contributed by atoms with van der Waals surface area (Å²) in [6, 6.07) is 8.04. The summed E-state index contributed by atoms with van der Waals surface area (Å²) in [7, 11) is 0. The van der Waals surface area contributed by atoms with Crippen molar-refractivity contribution in [1.29, 1.82) is 0 Å². The van der Waals surface area contributed by atoms with Gasteiger partial charge >= 0.3 is 0 Å². The molecule has 0 aromatic heterocycles. The monoisotopic (exact) mass is 246 g/mol. The quantitative estimate of drug-likeness (QED) is 0.669. The number of carbonyl (C=O) groups excluding carboxylic acids is 1. The zero-order chi connectivity index (χ0) is 13.8. The maximum Gasteiger partial charge on any atom is 0.163 e. The van der Waals surface area contributed by atoms with Crippen molar-refractivity contribution in [3.63, 3.8) is 0 Å². The van der Waals surface area contributed by atoms with Gasteiger partial charge in [0.2, 0.25) is 0 Å². The first-order valence-corrected chi connectivity index (χ1v) is 6.99. The van der Waals surface area contributed by atoms with Crippen LogP contribution in [0.5, 0.6) is 0 Å². The maximum absolute atomic E-state index is 12.4. The first kappa shape index (κ1) is 14.9. The van der Waals surface area contributed by atoms with Crippen molar-refractivity contribution >= 4 is 5.78 Å². The fourth-order valence-electron chi connectivity index (χ4n) is 2.40. The number of hydrogen-bond acceptors (Lipinski definition) is 1. The molecule has 0 heterocycles. The molecule has 1 unspecified atom stereocenters. The molecule has 1 aromatic carbocycles. The summed E-state index contributed by atoms with van der Waals surface area (Å²) in [4.78, 5) is 12.4. The second-order valence-corrected chi connectivity index (χ2v) is 6.32. The molecule has 0 radical (unpaired) electrons. The predicted molar refractivity (Wildman–Crippen MR) is 78.2 cm³/mol. The lowest BCUT2D eigenvalue weighted by molar-refractivity contribution is 0.0960. The zero-order valence-electron chi connectivity index (χ0n) is 12.4. The Morgan fingerprint density at radius 1 is 1.22 bits per heavy atom. The molecule has 1 atom stereocenters. The molecule has 0 aliphatic heterocycles. The van der Waals surface area contributed by atoms with Crippen LogP contribution >= 0.6 is 0 Å². The Balaban J connectivity index is 2.93. The molecule has 1 aromatic rings. The molecule has 0 bridgehead atoms. The minimum absolute atomic E-state index is 0.0280. The van der Waals surface area contributed by atoms with Crippen molar-refractivity contribution in [2.75, 3.05) is 0 Å². The first-order chi connectivity index (χ1) is 8.36. The normalized spacial score (nSPS) is 13.4. The molecule has 100 valence electrons. The highest BCUT2D eigenvalue weighted by molar-refractivity contribution is 5.97. The standard InChI is InChI=1S/C17H26O/c1-6-9-13(2)12-16(18)14-10-7-8-11-15(14)17(3,4)5/h7-8,10-11,13H,6,9,12H2,1-5H3. The van der Waals surface area contributed by atoms with Crippen molar-refractivity contribution in [2.45, 2.75) is 59.3 Å². The van der Waals surface area contributed by atoms with Gasteiger partial charge < -0.3 is 0 Å². The molecule has 0 saturated heterocycles. The summed E-state index contributed by atoms with van der Waals surface area (Å²) in [5.41, 5.74) is 2.10. The van der Waals surface area contributed by atoms with Crippen molar-refractivity contribution in [2.24, 2.45) is 5.92 Å². The van der Waals surface area contributed by atoms with E-state index in [0.29, 0.717) is 18.1 Å². The van der Waals surface area contributed by atoms with Crippen LogP contribution in [0.4, 0.5) is 0 Å². The van der Waals surface area contributed by atoms with Crippen molar-refractivity contribution in [3.8, 4) is 0 Å². The van der Waals surface area contributed by atoms with Crippen molar-refractivity contribution in [3.05, 3.63) is 35.4 Å². The SMILES string of the molecule is CCCC(C)CC(=O)c1ccccc1C(C)(C)C. The number of benzene rings is 1. The van der Waals surface area contributed by atoms with E-state index >= 15 is 0 Å². The molecule has 1 rings (SSSR count). The predicted octanol–water partition coefficient (Wildman–Crippen LogP) is 4.99. The van der Waals surface area contributed by atoms with Crippen LogP contribution in [0.25, 0.3) is 0 Å². The van der Waals surface area contributed by atoms with E-state index in [2.05, 4.69) is 40.7 Å². The van der Waals surface area contributed by atoms with Gasteiger partial charge in [-0.15, -0.1) is 0 Å². The molecule has 0 fully saturated rings. The Labute approximate surface area is 112 Å². The number of hydrogen-bond donors (Lipinski definition) is 0. The first-order valence-electron chi connectivity index (χ1n) is 6.99. The number of carbonyl (C=O) groups is 1. The third-order valence-electron chi connectivity index (χ3n) is 3.35. The Kier molecular flexibility index (Phi) is 5.13. The van der Waals surface area contributed by atoms with Gasteiger partial charge in [0, 0.05) is 12.0 Å². The average molecular weight is 246 g/mol. The summed E-state index contributed by atoms with van der Waals surface area (Å²) in [5.74, 6) is 0.775. The highest BCUT2D eigenvalue weighted by Gasteiger charge is 2.21. The Hall–Kier alpha value is -1.11. The number of ketones is 1. The minimum atomic E-state index is 0.0280. The van der Waals surface area contributed by atoms with Crippen LogP contribution < -0.4 is 0 Å². The minimum Gasteiger partial charge on any atom is -0.294 e. The molecule has 0 saturated carbocycles. The highest BCUT2D eigenvalue weighted by Crippen LogP contribution is 2.27. The van der Waals surface area contributed by atoms with Gasteiger partial charge in [-0.1, -0.05) is 71.7 Å². The highest BCUT2D eigenvalue weighted by atomic mass is 16.1. The Morgan fingerprint density at radius 2 is 1.83 bits per heavy atom. The van der Waals surface area contributed by atoms with Gasteiger partial charge in [-0.2, -0.15) is 0 Å². The van der Waals surface area contributed by atoms with Crippen LogP contribution in [0.2, 0.25) is 0 Å². The Bertz CT molecular complexity index is 398. The average Bonchev–Trinajstić information content (AvgIpc) is 2.28.